The number of likely N-dealkylation sites (tertiary alicyclic amines) is 1. The van der Waals surface area contributed by atoms with Crippen LogP contribution in [0.25, 0.3) is 10.8 Å². The van der Waals surface area contributed by atoms with Gasteiger partial charge in [0.2, 0.25) is 17.7 Å². The van der Waals surface area contributed by atoms with Crippen molar-refractivity contribution in [1.29, 1.82) is 0 Å². The number of carbonyl (C=O) groups excluding carboxylic acids is 3. The van der Waals surface area contributed by atoms with E-state index in [9.17, 15) is 14.4 Å². The molecule has 0 bridgehead atoms. The molecular formula is C33H42Cl2N4O3. The lowest BCUT2D eigenvalue weighted by Crippen LogP contribution is -2.55. The third-order valence-electron chi connectivity index (χ3n) is 7.45. The normalized spacial score (nSPS) is 15.6. The molecule has 3 amide bonds. The smallest absolute Gasteiger partial charge is 0.243 e. The Labute approximate surface area is 260 Å². The molecular weight excluding hydrogens is 571 g/mol. The summed E-state index contributed by atoms with van der Waals surface area (Å²) in [4.78, 5) is 41.5. The third kappa shape index (κ3) is 8.93. The van der Waals surface area contributed by atoms with Crippen LogP contribution in [-0.2, 0) is 27.3 Å². The molecule has 1 heterocycles. The van der Waals surface area contributed by atoms with Gasteiger partial charge in [0.25, 0.3) is 0 Å². The van der Waals surface area contributed by atoms with Crippen LogP contribution in [0.2, 0.25) is 5.02 Å². The maximum Gasteiger partial charge on any atom is 0.243 e. The van der Waals surface area contributed by atoms with Gasteiger partial charge >= 0.3 is 0 Å². The van der Waals surface area contributed by atoms with Gasteiger partial charge in [-0.3, -0.25) is 14.4 Å². The zero-order valence-corrected chi connectivity index (χ0v) is 26.2. The zero-order valence-electron chi connectivity index (χ0n) is 24.6. The average molecular weight is 614 g/mol. The molecule has 4 rings (SSSR count). The van der Waals surface area contributed by atoms with E-state index in [0.29, 0.717) is 39.0 Å². The fourth-order valence-corrected chi connectivity index (χ4v) is 5.41. The quantitative estimate of drug-likeness (QED) is 0.257. The highest BCUT2D eigenvalue weighted by atomic mass is 35.5. The number of hydrogen-bond donors (Lipinski definition) is 3. The Morgan fingerprint density at radius 2 is 1.69 bits per heavy atom. The van der Waals surface area contributed by atoms with E-state index in [1.807, 2.05) is 81.4 Å². The summed E-state index contributed by atoms with van der Waals surface area (Å²) < 4.78 is 0. The summed E-state index contributed by atoms with van der Waals surface area (Å²) in [7, 11) is 0. The van der Waals surface area contributed by atoms with Crippen LogP contribution in [0.4, 0.5) is 0 Å². The number of nitrogens with one attached hydrogen (secondary N) is 3. The van der Waals surface area contributed by atoms with Crippen molar-refractivity contribution in [2.75, 3.05) is 19.6 Å². The van der Waals surface area contributed by atoms with Gasteiger partial charge in [-0.15, -0.1) is 12.4 Å². The highest BCUT2D eigenvalue weighted by molar-refractivity contribution is 6.31. The van der Waals surface area contributed by atoms with Gasteiger partial charge in [-0.25, -0.2) is 0 Å². The number of carbonyl (C=O) groups is 3. The largest absolute Gasteiger partial charge is 0.354 e. The van der Waals surface area contributed by atoms with Gasteiger partial charge in [-0.2, -0.15) is 0 Å². The Balaban J connectivity index is 0.00000484. The summed E-state index contributed by atoms with van der Waals surface area (Å²) in [6.07, 6.45) is 2.44. The molecule has 0 aliphatic carbocycles. The molecule has 1 aliphatic heterocycles. The molecule has 1 saturated heterocycles. The van der Waals surface area contributed by atoms with Crippen LogP contribution in [0.5, 0.6) is 0 Å². The first-order chi connectivity index (χ1) is 19.6. The Hall–Kier alpha value is -3.13. The van der Waals surface area contributed by atoms with Gasteiger partial charge in [-0.05, 0) is 53.8 Å². The van der Waals surface area contributed by atoms with Gasteiger partial charge < -0.3 is 20.9 Å². The molecule has 1 aliphatic rings. The minimum absolute atomic E-state index is 0. The van der Waals surface area contributed by atoms with Gasteiger partial charge in [0.05, 0.1) is 0 Å². The predicted molar refractivity (Wildman–Crippen MR) is 172 cm³/mol. The molecule has 3 aromatic rings. The van der Waals surface area contributed by atoms with Crippen molar-refractivity contribution in [3.05, 3.63) is 82.9 Å². The molecule has 0 aromatic heterocycles. The van der Waals surface area contributed by atoms with Crippen LogP contribution < -0.4 is 16.0 Å². The topological polar surface area (TPSA) is 90.5 Å². The number of rotatable bonds is 11. The molecule has 9 heteroatoms. The number of amides is 3. The third-order valence-corrected chi connectivity index (χ3v) is 7.82. The minimum atomic E-state index is -0.757. The molecule has 0 radical (unpaired) electrons. The SMILES string of the molecule is CC(C)(C)C(=O)N1CCC[C@H]1C(=O)N[C@H](Cc1ccc2ccccc2c1)C(=O)NCCCNCc1ccccc1Cl.Cl. The molecule has 0 spiro atoms. The van der Waals surface area contributed by atoms with Crippen molar-refractivity contribution in [2.45, 2.75) is 65.1 Å². The Morgan fingerprint density at radius 3 is 2.43 bits per heavy atom. The van der Waals surface area contributed by atoms with Crippen LogP contribution >= 0.6 is 24.0 Å². The summed E-state index contributed by atoms with van der Waals surface area (Å²) in [6, 6.07) is 20.5. The monoisotopic (exact) mass is 612 g/mol. The molecule has 3 N–H and O–H groups in total. The predicted octanol–water partition coefficient (Wildman–Crippen LogP) is 5.28. The molecule has 226 valence electrons. The van der Waals surface area contributed by atoms with Gasteiger partial charge in [0, 0.05) is 36.5 Å². The zero-order chi connectivity index (χ0) is 29.4. The highest BCUT2D eigenvalue weighted by Gasteiger charge is 2.39. The fraction of sp³-hybridized carbons (Fsp3) is 0.424. The van der Waals surface area contributed by atoms with Crippen molar-refractivity contribution in [3.8, 4) is 0 Å². The van der Waals surface area contributed by atoms with E-state index in [0.717, 1.165) is 39.8 Å². The lowest BCUT2D eigenvalue weighted by atomic mass is 9.94. The maximum absolute atomic E-state index is 13.5. The van der Waals surface area contributed by atoms with Crippen LogP contribution in [0.15, 0.2) is 66.7 Å². The number of nitrogens with zero attached hydrogens (tertiary/aromatic N) is 1. The fourth-order valence-electron chi connectivity index (χ4n) is 5.20. The molecule has 7 nitrogen and oxygen atoms in total. The first-order valence-electron chi connectivity index (χ1n) is 14.4. The second-order valence-electron chi connectivity index (χ2n) is 11.8. The van der Waals surface area contributed by atoms with Crippen molar-refractivity contribution in [3.63, 3.8) is 0 Å². The standard InChI is InChI=1S/C33H41ClN4O3.ClH/c1-33(2,3)32(41)38-19-8-14-29(38)31(40)37-28(21-23-15-16-24-10-4-5-11-25(24)20-23)30(39)36-18-9-17-35-22-26-12-6-7-13-27(26)34;/h4-7,10-13,15-16,20,28-29,35H,8-9,14,17-19,21-22H2,1-3H3,(H,36,39)(H,37,40);1H/t28-,29+;/m1./s1. The number of fused-ring (bicyclic) bond motifs is 1. The molecule has 3 aromatic carbocycles. The van der Waals surface area contributed by atoms with Crippen molar-refractivity contribution in [2.24, 2.45) is 5.41 Å². The molecule has 42 heavy (non-hydrogen) atoms. The van der Waals surface area contributed by atoms with E-state index in [2.05, 4.69) is 22.0 Å². The lowest BCUT2D eigenvalue weighted by Gasteiger charge is -2.31. The van der Waals surface area contributed by atoms with E-state index >= 15 is 0 Å². The minimum Gasteiger partial charge on any atom is -0.354 e. The van der Waals surface area contributed by atoms with Crippen LogP contribution in [0.3, 0.4) is 0 Å². The Morgan fingerprint density at radius 1 is 0.976 bits per heavy atom. The van der Waals surface area contributed by atoms with Crippen LogP contribution in [0, 0.1) is 5.41 Å². The first-order valence-corrected chi connectivity index (χ1v) is 14.8. The van der Waals surface area contributed by atoms with Crippen LogP contribution in [0.1, 0.15) is 51.2 Å². The summed E-state index contributed by atoms with van der Waals surface area (Å²) in [5, 5.41) is 12.3. The lowest BCUT2D eigenvalue weighted by molar-refractivity contribution is -0.145. The average Bonchev–Trinajstić information content (AvgIpc) is 3.44. The molecule has 0 saturated carbocycles. The second kappa shape index (κ2) is 15.4. The van der Waals surface area contributed by atoms with E-state index in [4.69, 9.17) is 11.6 Å². The van der Waals surface area contributed by atoms with Gasteiger partial charge in [0.1, 0.15) is 12.1 Å². The van der Waals surface area contributed by atoms with Gasteiger partial charge in [0.15, 0.2) is 0 Å². The maximum atomic E-state index is 13.5. The Kier molecular flexibility index (Phi) is 12.2. The van der Waals surface area contributed by atoms with Crippen molar-refractivity contribution >= 4 is 52.5 Å². The second-order valence-corrected chi connectivity index (χ2v) is 12.2. The van der Waals surface area contributed by atoms with E-state index in [-0.39, 0.29) is 30.1 Å². The summed E-state index contributed by atoms with van der Waals surface area (Å²) in [6.45, 7) is 7.97. The van der Waals surface area contributed by atoms with Gasteiger partial charge in [-0.1, -0.05) is 93.0 Å². The molecule has 0 unspecified atom stereocenters. The van der Waals surface area contributed by atoms with E-state index in [1.54, 1.807) is 4.90 Å². The first kappa shape index (κ1) is 33.4. The van der Waals surface area contributed by atoms with Crippen molar-refractivity contribution < 1.29 is 14.4 Å². The van der Waals surface area contributed by atoms with E-state index in [1.165, 1.54) is 0 Å². The number of benzene rings is 3. The summed E-state index contributed by atoms with van der Waals surface area (Å²) in [5.74, 6) is -0.554. The Bertz CT molecular complexity index is 1370. The molecule has 2 atom stereocenters. The summed E-state index contributed by atoms with van der Waals surface area (Å²) >= 11 is 6.22. The highest BCUT2D eigenvalue weighted by Crippen LogP contribution is 2.26. The van der Waals surface area contributed by atoms with E-state index < -0.39 is 17.5 Å². The van der Waals surface area contributed by atoms with Crippen molar-refractivity contribution in [1.82, 2.24) is 20.9 Å². The number of hydrogen-bond acceptors (Lipinski definition) is 4. The summed E-state index contributed by atoms with van der Waals surface area (Å²) in [5.41, 5.74) is 1.41. The van der Waals surface area contributed by atoms with Crippen LogP contribution in [-0.4, -0.2) is 54.3 Å². The number of halogens is 2. The molecule has 1 fully saturated rings.